The maximum absolute atomic E-state index is 10.6. The summed E-state index contributed by atoms with van der Waals surface area (Å²) in [5.41, 5.74) is 0.801. The van der Waals surface area contributed by atoms with Crippen LogP contribution in [-0.4, -0.2) is 28.8 Å². The van der Waals surface area contributed by atoms with Crippen LogP contribution in [0.5, 0.6) is 0 Å². The Kier molecular flexibility index (Phi) is 4.94. The summed E-state index contributed by atoms with van der Waals surface area (Å²) in [5.74, 6) is 0. The minimum atomic E-state index is -0.452. The van der Waals surface area contributed by atoms with E-state index >= 15 is 0 Å². The Hall–Kier alpha value is -0.500. The minimum absolute atomic E-state index is 0.0583. The zero-order valence-electron chi connectivity index (χ0n) is 10.1. The third kappa shape index (κ3) is 3.34. The van der Waals surface area contributed by atoms with Gasteiger partial charge < -0.3 is 9.47 Å². The number of alkyl halides is 2. The molecule has 1 aromatic carbocycles. The van der Waals surface area contributed by atoms with E-state index in [1.807, 2.05) is 0 Å². The zero-order valence-corrected chi connectivity index (χ0v) is 13.2. The van der Waals surface area contributed by atoms with Crippen LogP contribution >= 0.6 is 31.9 Å². The Morgan fingerprint density at radius 2 is 1.74 bits per heavy atom. The fraction of sp³-hybridized carbons (Fsp3) is 0.500. The lowest BCUT2D eigenvalue weighted by molar-refractivity contribution is -0.384. The molecule has 1 aromatic rings. The van der Waals surface area contributed by atoms with Crippen LogP contribution in [0.1, 0.15) is 11.9 Å². The largest absolute Gasteiger partial charge is 0.348 e. The number of nitro benzene ring substituents is 1. The molecule has 0 atom stereocenters. The second-order valence-corrected chi connectivity index (χ2v) is 5.69. The average molecular weight is 395 g/mol. The Labute approximate surface area is 127 Å². The van der Waals surface area contributed by atoms with Crippen molar-refractivity contribution in [2.75, 3.05) is 23.9 Å². The molecule has 1 aliphatic heterocycles. The molecule has 0 bridgehead atoms. The second-order valence-electron chi connectivity index (χ2n) is 4.57. The summed E-state index contributed by atoms with van der Waals surface area (Å²) < 4.78 is 11.4. The summed E-state index contributed by atoms with van der Waals surface area (Å²) in [7, 11) is 0. The van der Waals surface area contributed by atoms with Gasteiger partial charge in [-0.05, 0) is 12.1 Å². The molecule has 1 saturated heterocycles. The van der Waals surface area contributed by atoms with Crippen LogP contribution < -0.4 is 0 Å². The highest BCUT2D eigenvalue weighted by Gasteiger charge is 2.35. The topological polar surface area (TPSA) is 61.6 Å². The number of halogens is 2. The molecule has 2 rings (SSSR count). The Morgan fingerprint density at radius 3 is 2.16 bits per heavy atom. The molecular formula is C12H13Br2NO4. The number of nitrogens with zero attached hydrogens (tertiary/aromatic N) is 1. The van der Waals surface area contributed by atoms with E-state index in [1.165, 1.54) is 12.1 Å². The summed E-state index contributed by atoms with van der Waals surface area (Å²) in [5, 5.41) is 12.2. The fourth-order valence-corrected chi connectivity index (χ4v) is 3.31. The quantitative estimate of drug-likeness (QED) is 0.446. The normalized spacial score (nSPS) is 19.3. The highest BCUT2D eigenvalue weighted by Crippen LogP contribution is 2.34. The Bertz CT molecular complexity index is 438. The molecule has 0 N–H and O–H groups in total. The van der Waals surface area contributed by atoms with E-state index in [0.717, 1.165) is 16.2 Å². The second kappa shape index (κ2) is 6.30. The lowest BCUT2D eigenvalue weighted by Crippen LogP contribution is -2.41. The molecule has 0 aromatic heterocycles. The molecule has 1 heterocycles. The molecule has 0 spiro atoms. The molecule has 1 aliphatic rings. The lowest BCUT2D eigenvalue weighted by atomic mass is 9.95. The molecule has 104 valence electrons. The molecule has 19 heavy (non-hydrogen) atoms. The van der Waals surface area contributed by atoms with Crippen molar-refractivity contribution >= 4 is 37.5 Å². The number of ether oxygens (including phenoxy) is 2. The van der Waals surface area contributed by atoms with E-state index in [2.05, 4.69) is 31.9 Å². The van der Waals surface area contributed by atoms with Gasteiger partial charge in [-0.2, -0.15) is 0 Å². The van der Waals surface area contributed by atoms with Crippen LogP contribution in [0.25, 0.3) is 0 Å². The van der Waals surface area contributed by atoms with Gasteiger partial charge in [0.15, 0.2) is 6.29 Å². The van der Waals surface area contributed by atoms with Crippen LogP contribution in [-0.2, 0) is 9.47 Å². The Morgan fingerprint density at radius 1 is 1.21 bits per heavy atom. The Balaban J connectivity index is 2.03. The SMILES string of the molecule is O=[N+]([O-])c1ccc(C2OCC(CBr)(CBr)CO2)cc1. The van der Waals surface area contributed by atoms with Crippen molar-refractivity contribution in [3.05, 3.63) is 39.9 Å². The predicted molar refractivity (Wildman–Crippen MR) is 77.8 cm³/mol. The highest BCUT2D eigenvalue weighted by atomic mass is 79.9. The van der Waals surface area contributed by atoms with Gasteiger partial charge in [0, 0.05) is 33.8 Å². The van der Waals surface area contributed by atoms with Gasteiger partial charge in [0.1, 0.15) is 0 Å². The van der Waals surface area contributed by atoms with Gasteiger partial charge in [0.05, 0.1) is 18.1 Å². The van der Waals surface area contributed by atoms with Crippen LogP contribution in [0.4, 0.5) is 5.69 Å². The summed E-state index contributed by atoms with van der Waals surface area (Å²) in [6.07, 6.45) is -0.452. The molecule has 0 unspecified atom stereocenters. The van der Waals surface area contributed by atoms with Gasteiger partial charge in [-0.1, -0.05) is 31.9 Å². The molecule has 0 aliphatic carbocycles. The number of nitro groups is 1. The molecule has 0 saturated carbocycles. The van der Waals surface area contributed by atoms with Gasteiger partial charge in [-0.25, -0.2) is 0 Å². The van der Waals surface area contributed by atoms with Crippen molar-refractivity contribution in [3.63, 3.8) is 0 Å². The van der Waals surface area contributed by atoms with E-state index in [9.17, 15) is 10.1 Å². The first-order valence-corrected chi connectivity index (χ1v) is 7.94. The van der Waals surface area contributed by atoms with Crippen molar-refractivity contribution in [1.82, 2.24) is 0 Å². The van der Waals surface area contributed by atoms with E-state index in [1.54, 1.807) is 12.1 Å². The van der Waals surface area contributed by atoms with Gasteiger partial charge in [0.2, 0.25) is 0 Å². The third-order valence-electron chi connectivity index (χ3n) is 3.02. The van der Waals surface area contributed by atoms with Gasteiger partial charge in [0.25, 0.3) is 5.69 Å². The van der Waals surface area contributed by atoms with Crippen molar-refractivity contribution < 1.29 is 14.4 Å². The van der Waals surface area contributed by atoms with Gasteiger partial charge in [-0.15, -0.1) is 0 Å². The molecule has 1 fully saturated rings. The molecule has 5 nitrogen and oxygen atoms in total. The first-order valence-electron chi connectivity index (χ1n) is 5.70. The van der Waals surface area contributed by atoms with Crippen molar-refractivity contribution in [2.45, 2.75) is 6.29 Å². The summed E-state index contributed by atoms with van der Waals surface area (Å²) >= 11 is 6.93. The number of rotatable bonds is 4. The van der Waals surface area contributed by atoms with E-state index < -0.39 is 11.2 Å². The molecular weight excluding hydrogens is 382 g/mol. The molecule has 7 heteroatoms. The first kappa shape index (κ1) is 14.9. The summed E-state index contributed by atoms with van der Waals surface area (Å²) in [6, 6.07) is 6.24. The smallest absolute Gasteiger partial charge is 0.269 e. The molecule has 0 radical (unpaired) electrons. The zero-order chi connectivity index (χ0) is 13.9. The van der Waals surface area contributed by atoms with E-state index in [0.29, 0.717) is 13.2 Å². The number of hydrogen-bond donors (Lipinski definition) is 0. The number of benzene rings is 1. The van der Waals surface area contributed by atoms with E-state index in [4.69, 9.17) is 9.47 Å². The van der Waals surface area contributed by atoms with Crippen molar-refractivity contribution in [1.29, 1.82) is 0 Å². The van der Waals surface area contributed by atoms with Gasteiger partial charge >= 0.3 is 0 Å². The fourth-order valence-electron chi connectivity index (χ4n) is 1.73. The number of hydrogen-bond acceptors (Lipinski definition) is 4. The number of non-ortho nitro benzene ring substituents is 1. The van der Waals surface area contributed by atoms with Crippen molar-refractivity contribution in [2.24, 2.45) is 5.41 Å². The van der Waals surface area contributed by atoms with Gasteiger partial charge in [-0.3, -0.25) is 10.1 Å². The lowest BCUT2D eigenvalue weighted by Gasteiger charge is -2.37. The maximum Gasteiger partial charge on any atom is 0.269 e. The van der Waals surface area contributed by atoms with Crippen LogP contribution in [0.15, 0.2) is 24.3 Å². The third-order valence-corrected chi connectivity index (χ3v) is 5.40. The summed E-state index contributed by atoms with van der Waals surface area (Å²) in [4.78, 5) is 10.2. The van der Waals surface area contributed by atoms with E-state index in [-0.39, 0.29) is 11.1 Å². The minimum Gasteiger partial charge on any atom is -0.348 e. The average Bonchev–Trinajstić information content (AvgIpc) is 2.47. The predicted octanol–water partition coefficient (Wildman–Crippen LogP) is 3.42. The maximum atomic E-state index is 10.6. The highest BCUT2D eigenvalue weighted by molar-refractivity contribution is 9.09. The standard InChI is InChI=1S/C12H13Br2NO4/c13-5-12(6-14)7-18-11(19-8-12)9-1-3-10(4-2-9)15(16)17/h1-4,11H,5-8H2. The summed E-state index contributed by atoms with van der Waals surface area (Å²) in [6.45, 7) is 1.15. The monoisotopic (exact) mass is 393 g/mol. The van der Waals surface area contributed by atoms with Crippen LogP contribution in [0, 0.1) is 15.5 Å². The van der Waals surface area contributed by atoms with Crippen molar-refractivity contribution in [3.8, 4) is 0 Å². The van der Waals surface area contributed by atoms with Crippen LogP contribution in [0.3, 0.4) is 0 Å². The van der Waals surface area contributed by atoms with Crippen LogP contribution in [0.2, 0.25) is 0 Å². The molecule has 0 amide bonds. The first-order chi connectivity index (χ1) is 9.10.